The number of hydrogen-bond donors (Lipinski definition) is 2. The maximum atomic E-state index is 5.78. The van der Waals surface area contributed by atoms with Gasteiger partial charge in [-0.05, 0) is 24.5 Å². The molecule has 2 rings (SSSR count). The topological polar surface area (TPSA) is 75.3 Å². The number of nitrogens with zero attached hydrogens (tertiary/aromatic N) is 3. The minimum atomic E-state index is 0. The van der Waals surface area contributed by atoms with E-state index < -0.39 is 0 Å². The van der Waals surface area contributed by atoms with Crippen LogP contribution in [0.3, 0.4) is 0 Å². The quantitative estimate of drug-likeness (QED) is 0.296. The molecular weight excluding hydrogens is 441 g/mol. The van der Waals surface area contributed by atoms with E-state index >= 15 is 0 Å². The first-order valence-electron chi connectivity index (χ1n) is 7.66. The van der Waals surface area contributed by atoms with Gasteiger partial charge in [0.15, 0.2) is 11.7 Å². The van der Waals surface area contributed by atoms with Gasteiger partial charge < -0.3 is 15.2 Å². The van der Waals surface area contributed by atoms with E-state index in [-0.39, 0.29) is 24.0 Å². The highest BCUT2D eigenvalue weighted by atomic mass is 127. The van der Waals surface area contributed by atoms with Crippen LogP contribution in [0.15, 0.2) is 33.9 Å². The first kappa shape index (κ1) is 20.7. The summed E-state index contributed by atoms with van der Waals surface area (Å²) in [5.41, 5.74) is 1.95. The summed E-state index contributed by atoms with van der Waals surface area (Å²) in [6.45, 7) is 8.02. The fourth-order valence-electron chi connectivity index (χ4n) is 1.87. The zero-order valence-corrected chi connectivity index (χ0v) is 17.1. The monoisotopic (exact) mass is 463 g/mol. The molecule has 0 fully saturated rings. The Kier molecular flexibility index (Phi) is 9.05. The van der Waals surface area contributed by atoms with Gasteiger partial charge in [0, 0.05) is 18.8 Å². The normalized spacial score (nSPS) is 11.3. The molecule has 2 aromatic rings. The predicted molar refractivity (Wildman–Crippen MR) is 107 cm³/mol. The highest BCUT2D eigenvalue weighted by Gasteiger charge is 2.08. The fraction of sp³-hybridized carbons (Fsp3) is 0.438. The molecule has 2 heterocycles. The van der Waals surface area contributed by atoms with Crippen LogP contribution in [0, 0.1) is 0 Å². The second-order valence-electron chi connectivity index (χ2n) is 5.41. The molecule has 0 unspecified atom stereocenters. The molecule has 6 nitrogen and oxygen atoms in total. The Labute approximate surface area is 164 Å². The molecule has 0 aliphatic rings. The van der Waals surface area contributed by atoms with E-state index in [9.17, 15) is 0 Å². The maximum absolute atomic E-state index is 5.78. The first-order chi connectivity index (χ1) is 11.1. The van der Waals surface area contributed by atoms with Crippen molar-refractivity contribution < 1.29 is 4.52 Å². The molecule has 132 valence electrons. The molecule has 0 aliphatic heterocycles. The molecule has 2 N–H and O–H groups in total. The van der Waals surface area contributed by atoms with Gasteiger partial charge in [0.1, 0.15) is 5.15 Å². The smallest absolute Gasteiger partial charge is 0.191 e. The maximum Gasteiger partial charge on any atom is 0.191 e. The van der Waals surface area contributed by atoms with Crippen LogP contribution in [-0.2, 0) is 13.1 Å². The average molecular weight is 464 g/mol. The minimum Gasteiger partial charge on any atom is -0.359 e. The van der Waals surface area contributed by atoms with Gasteiger partial charge in [-0.3, -0.25) is 0 Å². The van der Waals surface area contributed by atoms with Crippen LogP contribution < -0.4 is 10.6 Å². The molecule has 0 atom stereocenters. The van der Waals surface area contributed by atoms with Crippen LogP contribution in [0.25, 0.3) is 0 Å². The Hall–Kier alpha value is -1.35. The molecule has 0 radical (unpaired) electrons. The van der Waals surface area contributed by atoms with Crippen molar-refractivity contribution in [3.8, 4) is 0 Å². The highest BCUT2D eigenvalue weighted by molar-refractivity contribution is 14.0. The van der Waals surface area contributed by atoms with Gasteiger partial charge in [-0.1, -0.05) is 36.7 Å². The summed E-state index contributed by atoms with van der Waals surface area (Å²) in [4.78, 5) is 8.57. The fourth-order valence-corrected chi connectivity index (χ4v) is 1.98. The van der Waals surface area contributed by atoms with Crippen LogP contribution in [-0.4, -0.2) is 22.6 Å². The van der Waals surface area contributed by atoms with Crippen LogP contribution in [0.1, 0.15) is 43.7 Å². The average Bonchev–Trinajstić information content (AvgIpc) is 3.01. The summed E-state index contributed by atoms with van der Waals surface area (Å²) in [5, 5.41) is 10.9. The zero-order valence-electron chi connectivity index (χ0n) is 14.0. The molecule has 24 heavy (non-hydrogen) atoms. The van der Waals surface area contributed by atoms with Gasteiger partial charge in [0.05, 0.1) is 18.8 Å². The Morgan fingerprint density at radius 2 is 2.12 bits per heavy atom. The van der Waals surface area contributed by atoms with Crippen molar-refractivity contribution in [2.45, 2.75) is 39.8 Å². The molecule has 0 spiro atoms. The Morgan fingerprint density at radius 1 is 1.33 bits per heavy atom. The van der Waals surface area contributed by atoms with E-state index in [1.807, 2.05) is 19.1 Å². The highest BCUT2D eigenvalue weighted by Crippen LogP contribution is 2.13. The third-order valence-corrected chi connectivity index (χ3v) is 3.37. The van der Waals surface area contributed by atoms with E-state index in [0.29, 0.717) is 30.1 Å². The van der Waals surface area contributed by atoms with Crippen molar-refractivity contribution in [1.82, 2.24) is 20.8 Å². The number of halogens is 2. The molecule has 0 aromatic carbocycles. The standard InChI is InChI=1S/C16H22ClN5O.HI/c1-4-18-16(20-9-12-5-6-15(17)19-8-12)21-10-13-7-14(11(2)3)22-23-13;/h5-8,11H,4,9-10H2,1-3H3,(H2,18,20,21);1H. The Bertz CT molecular complexity index is 642. The SMILES string of the molecule is CCNC(=NCc1ccc(Cl)nc1)NCc1cc(C(C)C)no1.I. The van der Waals surface area contributed by atoms with Crippen LogP contribution >= 0.6 is 35.6 Å². The van der Waals surface area contributed by atoms with Crippen molar-refractivity contribution in [3.05, 3.63) is 46.6 Å². The Balaban J connectivity index is 0.00000288. The lowest BCUT2D eigenvalue weighted by Gasteiger charge is -2.09. The van der Waals surface area contributed by atoms with Crippen molar-refractivity contribution >= 4 is 41.5 Å². The third kappa shape index (κ3) is 6.64. The summed E-state index contributed by atoms with van der Waals surface area (Å²) in [6, 6.07) is 5.63. The molecular formula is C16H23ClIN5O. The number of aliphatic imine (C=N–C) groups is 1. The van der Waals surface area contributed by atoms with Crippen molar-refractivity contribution in [1.29, 1.82) is 0 Å². The number of guanidine groups is 1. The summed E-state index contributed by atoms with van der Waals surface area (Å²) < 4.78 is 5.31. The molecule has 2 aromatic heterocycles. The number of rotatable bonds is 6. The molecule has 0 aliphatic carbocycles. The molecule has 0 saturated carbocycles. The van der Waals surface area contributed by atoms with E-state index in [4.69, 9.17) is 16.1 Å². The second-order valence-corrected chi connectivity index (χ2v) is 5.80. The van der Waals surface area contributed by atoms with Crippen molar-refractivity contribution in [2.24, 2.45) is 4.99 Å². The van der Waals surface area contributed by atoms with Crippen molar-refractivity contribution in [3.63, 3.8) is 0 Å². The van der Waals surface area contributed by atoms with Gasteiger partial charge in [-0.25, -0.2) is 9.98 Å². The van der Waals surface area contributed by atoms with E-state index in [1.165, 1.54) is 0 Å². The summed E-state index contributed by atoms with van der Waals surface area (Å²) >= 11 is 5.78. The summed E-state index contributed by atoms with van der Waals surface area (Å²) in [5.74, 6) is 1.85. The molecule has 0 amide bonds. The van der Waals surface area contributed by atoms with Crippen LogP contribution in [0.4, 0.5) is 0 Å². The zero-order chi connectivity index (χ0) is 16.7. The van der Waals surface area contributed by atoms with E-state index in [1.54, 1.807) is 12.3 Å². The lowest BCUT2D eigenvalue weighted by Crippen LogP contribution is -2.36. The van der Waals surface area contributed by atoms with Crippen molar-refractivity contribution in [2.75, 3.05) is 6.54 Å². The number of hydrogen-bond acceptors (Lipinski definition) is 4. The molecule has 8 heteroatoms. The lowest BCUT2D eigenvalue weighted by atomic mass is 10.1. The van der Waals surface area contributed by atoms with E-state index in [2.05, 4.69) is 39.6 Å². The molecule has 0 saturated heterocycles. The Morgan fingerprint density at radius 3 is 2.71 bits per heavy atom. The predicted octanol–water partition coefficient (Wildman–Crippen LogP) is 3.72. The summed E-state index contributed by atoms with van der Waals surface area (Å²) in [7, 11) is 0. The van der Waals surface area contributed by atoms with Crippen LogP contribution in [0.5, 0.6) is 0 Å². The van der Waals surface area contributed by atoms with Gasteiger partial charge in [0.2, 0.25) is 0 Å². The molecule has 0 bridgehead atoms. The second kappa shape index (κ2) is 10.5. The summed E-state index contributed by atoms with van der Waals surface area (Å²) in [6.07, 6.45) is 1.72. The van der Waals surface area contributed by atoms with Gasteiger partial charge in [0.25, 0.3) is 0 Å². The minimum absolute atomic E-state index is 0. The number of nitrogens with one attached hydrogen (secondary N) is 2. The van der Waals surface area contributed by atoms with E-state index in [0.717, 1.165) is 23.6 Å². The lowest BCUT2D eigenvalue weighted by molar-refractivity contribution is 0.372. The number of aromatic nitrogens is 2. The van der Waals surface area contributed by atoms with Crippen LogP contribution in [0.2, 0.25) is 5.15 Å². The van der Waals surface area contributed by atoms with Gasteiger partial charge >= 0.3 is 0 Å². The third-order valence-electron chi connectivity index (χ3n) is 3.15. The number of pyridine rings is 1. The largest absolute Gasteiger partial charge is 0.359 e. The van der Waals surface area contributed by atoms with Gasteiger partial charge in [-0.15, -0.1) is 24.0 Å². The first-order valence-corrected chi connectivity index (χ1v) is 8.04. The van der Waals surface area contributed by atoms with Gasteiger partial charge in [-0.2, -0.15) is 0 Å².